The van der Waals surface area contributed by atoms with Crippen molar-refractivity contribution >= 4 is 0 Å². The van der Waals surface area contributed by atoms with Crippen LogP contribution in [0.15, 0.2) is 48.5 Å². The molecule has 0 atom stereocenters. The van der Waals surface area contributed by atoms with Gasteiger partial charge in [-0.2, -0.15) is 0 Å². The van der Waals surface area contributed by atoms with E-state index in [0.29, 0.717) is 0 Å². The first kappa shape index (κ1) is 17.9. The Morgan fingerprint density at radius 3 is 1.96 bits per heavy atom. The van der Waals surface area contributed by atoms with Gasteiger partial charge in [0.1, 0.15) is 11.6 Å². The predicted molar refractivity (Wildman–Crippen MR) is 101 cm³/mol. The Morgan fingerprint density at radius 2 is 1.32 bits per heavy atom. The molecule has 1 heterocycles. The van der Waals surface area contributed by atoms with Crippen molar-refractivity contribution in [2.75, 3.05) is 26.2 Å². The fourth-order valence-corrected chi connectivity index (χ4v) is 3.40. The lowest BCUT2D eigenvalue weighted by atomic mass is 10.1. The smallest absolute Gasteiger partial charge is 0.123 e. The maximum Gasteiger partial charge on any atom is 0.123 e. The van der Waals surface area contributed by atoms with Crippen LogP contribution in [-0.2, 0) is 0 Å². The molecule has 0 spiro atoms. The molecule has 2 aromatic carbocycles. The van der Waals surface area contributed by atoms with Crippen LogP contribution in [0.5, 0.6) is 5.75 Å². The Hall–Kier alpha value is -1.87. The molecular formula is C22H28FNO. The lowest BCUT2D eigenvalue weighted by Gasteiger charge is -2.24. The summed E-state index contributed by atoms with van der Waals surface area (Å²) in [5, 5.41) is 0. The molecule has 0 unspecified atom stereocenters. The quantitative estimate of drug-likeness (QED) is 0.641. The van der Waals surface area contributed by atoms with Gasteiger partial charge in [-0.15, -0.1) is 0 Å². The average molecular weight is 341 g/mol. The average Bonchev–Trinajstić information content (AvgIpc) is 2.61. The van der Waals surface area contributed by atoms with E-state index in [1.165, 1.54) is 57.3 Å². The highest BCUT2D eigenvalue weighted by atomic mass is 19.1. The Bertz CT molecular complexity index is 615. The number of benzene rings is 2. The van der Waals surface area contributed by atoms with Crippen LogP contribution in [0.3, 0.4) is 0 Å². The highest BCUT2D eigenvalue weighted by molar-refractivity contribution is 5.63. The van der Waals surface area contributed by atoms with Crippen LogP contribution in [0, 0.1) is 5.82 Å². The largest absolute Gasteiger partial charge is 0.494 e. The van der Waals surface area contributed by atoms with E-state index in [4.69, 9.17) is 4.74 Å². The lowest BCUT2D eigenvalue weighted by Crippen LogP contribution is -2.29. The molecule has 0 amide bonds. The molecule has 3 rings (SSSR count). The van der Waals surface area contributed by atoms with Crippen LogP contribution in [0.25, 0.3) is 11.1 Å². The number of rotatable bonds is 6. The summed E-state index contributed by atoms with van der Waals surface area (Å²) in [4.78, 5) is 2.58. The zero-order valence-electron chi connectivity index (χ0n) is 14.9. The molecule has 1 aliphatic heterocycles. The summed E-state index contributed by atoms with van der Waals surface area (Å²) >= 11 is 0. The Kier molecular flexibility index (Phi) is 6.87. The summed E-state index contributed by atoms with van der Waals surface area (Å²) in [6.45, 7) is 4.37. The molecule has 0 aliphatic carbocycles. The van der Waals surface area contributed by atoms with Gasteiger partial charge in [-0.25, -0.2) is 4.39 Å². The molecule has 1 saturated heterocycles. The highest BCUT2D eigenvalue weighted by Crippen LogP contribution is 2.22. The molecule has 1 aliphatic rings. The van der Waals surface area contributed by atoms with Crippen molar-refractivity contribution in [3.05, 3.63) is 54.3 Å². The second-order valence-electron chi connectivity index (χ2n) is 6.84. The molecule has 0 bridgehead atoms. The topological polar surface area (TPSA) is 12.5 Å². The summed E-state index contributed by atoms with van der Waals surface area (Å²) < 4.78 is 18.9. The molecule has 0 saturated carbocycles. The third kappa shape index (κ3) is 5.86. The van der Waals surface area contributed by atoms with Gasteiger partial charge in [0.25, 0.3) is 0 Å². The van der Waals surface area contributed by atoms with Gasteiger partial charge >= 0.3 is 0 Å². The molecule has 3 heteroatoms. The van der Waals surface area contributed by atoms with E-state index in [2.05, 4.69) is 4.90 Å². The molecule has 2 nitrogen and oxygen atoms in total. The van der Waals surface area contributed by atoms with E-state index < -0.39 is 0 Å². The third-order valence-electron chi connectivity index (χ3n) is 4.87. The minimum atomic E-state index is -0.205. The van der Waals surface area contributed by atoms with Crippen molar-refractivity contribution in [2.45, 2.75) is 38.5 Å². The summed E-state index contributed by atoms with van der Waals surface area (Å²) in [6.07, 6.45) is 7.92. The van der Waals surface area contributed by atoms with Gasteiger partial charge in [0, 0.05) is 6.54 Å². The van der Waals surface area contributed by atoms with Crippen LogP contribution in [0.2, 0.25) is 0 Å². The van der Waals surface area contributed by atoms with E-state index >= 15 is 0 Å². The molecule has 1 fully saturated rings. The molecular weight excluding hydrogens is 313 g/mol. The minimum Gasteiger partial charge on any atom is -0.494 e. The van der Waals surface area contributed by atoms with Crippen LogP contribution >= 0.6 is 0 Å². The molecule has 0 N–H and O–H groups in total. The molecule has 0 aromatic heterocycles. The van der Waals surface area contributed by atoms with E-state index in [-0.39, 0.29) is 5.82 Å². The zero-order chi connectivity index (χ0) is 17.3. The molecule has 2 aromatic rings. The molecule has 25 heavy (non-hydrogen) atoms. The number of hydrogen-bond acceptors (Lipinski definition) is 2. The fourth-order valence-electron chi connectivity index (χ4n) is 3.40. The number of ether oxygens (including phenoxy) is 1. The van der Waals surface area contributed by atoms with E-state index in [1.807, 2.05) is 24.3 Å². The van der Waals surface area contributed by atoms with Crippen LogP contribution in [0.4, 0.5) is 4.39 Å². The van der Waals surface area contributed by atoms with E-state index in [9.17, 15) is 4.39 Å². The van der Waals surface area contributed by atoms with Crippen molar-refractivity contribution in [3.63, 3.8) is 0 Å². The summed E-state index contributed by atoms with van der Waals surface area (Å²) in [5.41, 5.74) is 2.10. The van der Waals surface area contributed by atoms with Gasteiger partial charge in [0.2, 0.25) is 0 Å². The summed E-state index contributed by atoms with van der Waals surface area (Å²) in [5.74, 6) is 0.697. The Balaban J connectivity index is 1.41. The number of halogens is 1. The fraction of sp³-hybridized carbons (Fsp3) is 0.455. The first-order valence-electron chi connectivity index (χ1n) is 9.52. The van der Waals surface area contributed by atoms with Crippen LogP contribution in [-0.4, -0.2) is 31.1 Å². The Morgan fingerprint density at radius 1 is 0.760 bits per heavy atom. The minimum absolute atomic E-state index is 0.205. The van der Waals surface area contributed by atoms with Crippen molar-refractivity contribution in [1.29, 1.82) is 0 Å². The van der Waals surface area contributed by atoms with E-state index in [0.717, 1.165) is 36.4 Å². The van der Waals surface area contributed by atoms with Gasteiger partial charge in [-0.05, 0) is 67.7 Å². The van der Waals surface area contributed by atoms with Gasteiger partial charge < -0.3 is 9.64 Å². The van der Waals surface area contributed by atoms with Gasteiger partial charge in [-0.3, -0.25) is 0 Å². The van der Waals surface area contributed by atoms with Crippen molar-refractivity contribution < 1.29 is 9.13 Å². The summed E-state index contributed by atoms with van der Waals surface area (Å²) in [7, 11) is 0. The first-order valence-corrected chi connectivity index (χ1v) is 9.52. The second kappa shape index (κ2) is 9.57. The summed E-state index contributed by atoms with van der Waals surface area (Å²) in [6, 6.07) is 14.6. The van der Waals surface area contributed by atoms with Crippen molar-refractivity contribution in [1.82, 2.24) is 4.90 Å². The van der Waals surface area contributed by atoms with Crippen LogP contribution in [0.1, 0.15) is 38.5 Å². The van der Waals surface area contributed by atoms with Gasteiger partial charge in [-0.1, -0.05) is 43.5 Å². The maximum absolute atomic E-state index is 13.0. The number of likely N-dealkylation sites (tertiary alicyclic amines) is 1. The third-order valence-corrected chi connectivity index (χ3v) is 4.87. The monoisotopic (exact) mass is 341 g/mol. The lowest BCUT2D eigenvalue weighted by molar-refractivity contribution is 0.218. The number of nitrogens with zero attached hydrogens (tertiary/aromatic N) is 1. The standard InChI is InChI=1S/C22H28FNO/c23-21-11-7-19(8-12-21)20-9-13-22(14-10-20)25-18-6-17-24-15-4-2-1-3-5-16-24/h7-14H,1-6,15-18H2. The van der Waals surface area contributed by atoms with E-state index in [1.54, 1.807) is 12.1 Å². The maximum atomic E-state index is 13.0. The van der Waals surface area contributed by atoms with Crippen molar-refractivity contribution in [2.24, 2.45) is 0 Å². The molecule has 0 radical (unpaired) electrons. The van der Waals surface area contributed by atoms with Crippen LogP contribution < -0.4 is 4.74 Å². The predicted octanol–water partition coefficient (Wildman–Crippen LogP) is 5.53. The highest BCUT2D eigenvalue weighted by Gasteiger charge is 2.07. The number of hydrogen-bond donors (Lipinski definition) is 0. The SMILES string of the molecule is Fc1ccc(-c2ccc(OCCCN3CCCCCCC3)cc2)cc1. The molecule has 134 valence electrons. The Labute approximate surface area is 150 Å². The van der Waals surface area contributed by atoms with Gasteiger partial charge in [0.15, 0.2) is 0 Å². The zero-order valence-corrected chi connectivity index (χ0v) is 14.9. The second-order valence-corrected chi connectivity index (χ2v) is 6.84. The first-order chi connectivity index (χ1) is 12.3. The van der Waals surface area contributed by atoms with Crippen molar-refractivity contribution in [3.8, 4) is 16.9 Å². The van der Waals surface area contributed by atoms with Gasteiger partial charge in [0.05, 0.1) is 6.61 Å². The normalized spacial score (nSPS) is 16.2.